The quantitative estimate of drug-likeness (QED) is 0.476. The predicted molar refractivity (Wildman–Crippen MR) is 48.1 cm³/mol. The van der Waals surface area contributed by atoms with Gasteiger partial charge in [0.2, 0.25) is 0 Å². The molecule has 0 radical (unpaired) electrons. The molecule has 1 unspecified atom stereocenters. The fourth-order valence-corrected chi connectivity index (χ4v) is 0.756. The van der Waals surface area contributed by atoms with Crippen LogP contribution >= 0.6 is 11.6 Å². The first-order valence-electron chi connectivity index (χ1n) is 3.73. The van der Waals surface area contributed by atoms with Crippen LogP contribution in [0.1, 0.15) is 27.2 Å². The molecule has 3 heteroatoms. The van der Waals surface area contributed by atoms with Crippen molar-refractivity contribution in [2.75, 3.05) is 0 Å². The zero-order chi connectivity index (χ0) is 8.85. The Hall–Kier alpha value is -0.550. The molecule has 0 N–H and O–H groups in total. The third-order valence-electron chi connectivity index (χ3n) is 1.17. The second kappa shape index (κ2) is 5.15. The van der Waals surface area contributed by atoms with E-state index in [1.165, 1.54) is 0 Å². The van der Waals surface area contributed by atoms with E-state index in [-0.39, 0.29) is 11.4 Å². The van der Waals surface area contributed by atoms with Gasteiger partial charge in [-0.1, -0.05) is 6.92 Å². The maximum absolute atomic E-state index is 8.61. The summed E-state index contributed by atoms with van der Waals surface area (Å²) in [6, 6.07) is 2.15. The summed E-state index contributed by atoms with van der Waals surface area (Å²) in [6.45, 7) is 5.79. The molecule has 0 aliphatic rings. The lowest BCUT2D eigenvalue weighted by Gasteiger charge is -2.04. The molecule has 0 aromatic carbocycles. The minimum atomic E-state index is -0.220. The zero-order valence-electron chi connectivity index (χ0n) is 7.13. The molecule has 0 spiro atoms. The molecular weight excluding hydrogens is 160 g/mol. The highest BCUT2D eigenvalue weighted by atomic mass is 35.5. The Kier molecular flexibility index (Phi) is 4.89. The number of alkyl halides is 1. The lowest BCUT2D eigenvalue weighted by atomic mass is 10.2. The number of nitriles is 1. The number of halogens is 1. The maximum Gasteiger partial charge on any atom is 0.130 e. The number of aliphatic imine (C=N–C) groups is 1. The van der Waals surface area contributed by atoms with Gasteiger partial charge in [0.05, 0.1) is 5.38 Å². The molecule has 0 saturated heterocycles. The van der Waals surface area contributed by atoms with E-state index in [1.54, 1.807) is 0 Å². The van der Waals surface area contributed by atoms with E-state index in [4.69, 9.17) is 16.9 Å². The van der Waals surface area contributed by atoms with Gasteiger partial charge >= 0.3 is 0 Å². The molecule has 0 aromatic rings. The molecule has 0 aliphatic carbocycles. The molecule has 0 fully saturated rings. The van der Waals surface area contributed by atoms with Crippen LogP contribution in [0.25, 0.3) is 0 Å². The standard InChI is InChI=1S/C8H13ClN2/c1-4-7(9)8(5-10)11-6(2)3/h6-7H,4H2,1-3H3. The van der Waals surface area contributed by atoms with Gasteiger partial charge in [-0.2, -0.15) is 5.26 Å². The molecule has 0 heterocycles. The third kappa shape index (κ3) is 4.00. The lowest BCUT2D eigenvalue weighted by Crippen LogP contribution is -2.13. The smallest absolute Gasteiger partial charge is 0.130 e. The molecule has 2 nitrogen and oxygen atoms in total. The molecule has 0 aromatic heterocycles. The Balaban J connectivity index is 4.30. The Labute approximate surface area is 72.9 Å². The predicted octanol–water partition coefficient (Wildman–Crippen LogP) is 2.38. The average Bonchev–Trinajstić information content (AvgIpc) is 1.98. The largest absolute Gasteiger partial charge is 0.274 e. The third-order valence-corrected chi connectivity index (χ3v) is 1.68. The minimum absolute atomic E-state index is 0.150. The molecule has 0 saturated carbocycles. The minimum Gasteiger partial charge on any atom is -0.274 e. The van der Waals surface area contributed by atoms with Crippen molar-refractivity contribution in [3.8, 4) is 6.07 Å². The molecule has 1 atom stereocenters. The van der Waals surface area contributed by atoms with Crippen LogP contribution in [0.2, 0.25) is 0 Å². The van der Waals surface area contributed by atoms with E-state index >= 15 is 0 Å². The topological polar surface area (TPSA) is 36.1 Å². The monoisotopic (exact) mass is 172 g/mol. The highest BCUT2D eigenvalue weighted by Gasteiger charge is 2.09. The highest BCUT2D eigenvalue weighted by molar-refractivity contribution is 6.34. The van der Waals surface area contributed by atoms with E-state index in [2.05, 4.69) is 4.99 Å². The molecule has 0 amide bonds. The van der Waals surface area contributed by atoms with Gasteiger partial charge in [0.25, 0.3) is 0 Å². The van der Waals surface area contributed by atoms with Crippen LogP contribution in [0.3, 0.4) is 0 Å². The van der Waals surface area contributed by atoms with Crippen LogP contribution in [-0.2, 0) is 0 Å². The van der Waals surface area contributed by atoms with E-state index in [0.717, 1.165) is 6.42 Å². The van der Waals surface area contributed by atoms with Crippen molar-refractivity contribution >= 4 is 17.3 Å². The molecule has 0 aliphatic heterocycles. The summed E-state index contributed by atoms with van der Waals surface area (Å²) in [7, 11) is 0. The van der Waals surface area contributed by atoms with Crippen LogP contribution in [0.5, 0.6) is 0 Å². The van der Waals surface area contributed by atoms with Crippen molar-refractivity contribution in [3.05, 3.63) is 0 Å². The number of hydrogen-bond acceptors (Lipinski definition) is 2. The summed E-state index contributed by atoms with van der Waals surface area (Å²) in [5.41, 5.74) is 0.448. The van der Waals surface area contributed by atoms with Crippen molar-refractivity contribution in [1.82, 2.24) is 0 Å². The van der Waals surface area contributed by atoms with Gasteiger partial charge in [-0.05, 0) is 20.3 Å². The van der Waals surface area contributed by atoms with E-state index in [0.29, 0.717) is 5.71 Å². The number of rotatable bonds is 3. The first-order chi connectivity index (χ1) is 5.11. The fraction of sp³-hybridized carbons (Fsp3) is 0.750. The van der Waals surface area contributed by atoms with Gasteiger partial charge in [-0.25, -0.2) is 0 Å². The second-order valence-corrected chi connectivity index (χ2v) is 3.12. The van der Waals surface area contributed by atoms with Crippen LogP contribution in [0, 0.1) is 11.3 Å². The summed E-state index contributed by atoms with van der Waals surface area (Å²) in [5, 5.41) is 8.39. The summed E-state index contributed by atoms with van der Waals surface area (Å²) < 4.78 is 0. The Morgan fingerprint density at radius 3 is 2.45 bits per heavy atom. The Bertz CT molecular complexity index is 179. The normalized spacial score (nSPS) is 14.7. The van der Waals surface area contributed by atoms with E-state index in [9.17, 15) is 0 Å². The van der Waals surface area contributed by atoms with Gasteiger partial charge in [0.15, 0.2) is 0 Å². The Morgan fingerprint density at radius 1 is 1.64 bits per heavy atom. The number of hydrogen-bond donors (Lipinski definition) is 0. The molecule has 62 valence electrons. The average molecular weight is 173 g/mol. The van der Waals surface area contributed by atoms with Gasteiger partial charge in [-0.3, -0.25) is 4.99 Å². The summed E-state index contributed by atoms with van der Waals surface area (Å²) in [4.78, 5) is 4.09. The summed E-state index contributed by atoms with van der Waals surface area (Å²) in [6.07, 6.45) is 0.751. The van der Waals surface area contributed by atoms with Crippen LogP contribution < -0.4 is 0 Å². The van der Waals surface area contributed by atoms with Crippen LogP contribution in [0.15, 0.2) is 4.99 Å². The molecular formula is C8H13ClN2. The first kappa shape index (κ1) is 10.4. The Morgan fingerprint density at radius 2 is 2.18 bits per heavy atom. The van der Waals surface area contributed by atoms with Crippen molar-refractivity contribution in [3.63, 3.8) is 0 Å². The van der Waals surface area contributed by atoms with E-state index < -0.39 is 0 Å². The highest BCUT2D eigenvalue weighted by Crippen LogP contribution is 2.05. The van der Waals surface area contributed by atoms with Gasteiger partial charge in [-0.15, -0.1) is 11.6 Å². The van der Waals surface area contributed by atoms with Gasteiger partial charge in [0.1, 0.15) is 11.8 Å². The van der Waals surface area contributed by atoms with E-state index in [1.807, 2.05) is 26.8 Å². The second-order valence-electron chi connectivity index (χ2n) is 2.60. The van der Waals surface area contributed by atoms with Crippen LogP contribution in [-0.4, -0.2) is 17.1 Å². The first-order valence-corrected chi connectivity index (χ1v) is 4.17. The van der Waals surface area contributed by atoms with Crippen LogP contribution in [0.4, 0.5) is 0 Å². The maximum atomic E-state index is 8.61. The summed E-state index contributed by atoms with van der Waals surface area (Å²) in [5.74, 6) is 0. The molecule has 0 rings (SSSR count). The number of nitrogens with zero attached hydrogens (tertiary/aromatic N) is 2. The van der Waals surface area contributed by atoms with Gasteiger partial charge in [0, 0.05) is 6.04 Å². The van der Waals surface area contributed by atoms with Crippen molar-refractivity contribution in [2.24, 2.45) is 4.99 Å². The summed E-state index contributed by atoms with van der Waals surface area (Å²) >= 11 is 5.82. The van der Waals surface area contributed by atoms with Crippen molar-refractivity contribution < 1.29 is 0 Å². The van der Waals surface area contributed by atoms with Gasteiger partial charge < -0.3 is 0 Å². The fourth-order valence-electron chi connectivity index (χ4n) is 0.651. The van der Waals surface area contributed by atoms with Crippen molar-refractivity contribution in [2.45, 2.75) is 38.6 Å². The lowest BCUT2D eigenvalue weighted by molar-refractivity contribution is 0.827. The zero-order valence-corrected chi connectivity index (χ0v) is 7.89. The molecule has 11 heavy (non-hydrogen) atoms. The van der Waals surface area contributed by atoms with Crippen molar-refractivity contribution in [1.29, 1.82) is 5.26 Å². The molecule has 0 bridgehead atoms. The SMILES string of the molecule is CCC(Cl)C(C#N)=NC(C)C.